The first-order valence-electron chi connectivity index (χ1n) is 8.16. The molecule has 128 valence electrons. The second-order valence-corrected chi connectivity index (χ2v) is 6.61. The molecule has 1 N–H and O–H groups in total. The molecule has 1 aromatic heterocycles. The van der Waals surface area contributed by atoms with Crippen LogP contribution in [0.5, 0.6) is 0 Å². The monoisotopic (exact) mass is 323 g/mol. The van der Waals surface area contributed by atoms with Gasteiger partial charge in [0.2, 0.25) is 5.91 Å². The summed E-state index contributed by atoms with van der Waals surface area (Å²) in [5.41, 5.74) is 0. The van der Waals surface area contributed by atoms with E-state index in [0.29, 0.717) is 19.0 Å². The van der Waals surface area contributed by atoms with Crippen LogP contribution in [0.1, 0.15) is 0 Å². The highest BCUT2D eigenvalue weighted by molar-refractivity contribution is 5.76. The highest BCUT2D eigenvalue weighted by Gasteiger charge is 2.36. The lowest BCUT2D eigenvalue weighted by atomic mass is 9.96. The third-order valence-electron chi connectivity index (χ3n) is 4.94. The van der Waals surface area contributed by atoms with Gasteiger partial charge in [-0.05, 0) is 23.4 Å². The normalized spacial score (nSPS) is 26.8. The first-order chi connectivity index (χ1) is 11.2. The average molecular weight is 323 g/mol. The zero-order chi connectivity index (χ0) is 16.2. The molecule has 1 amide bonds. The molecule has 2 aliphatic rings. The molecular formula is C14H25N7O2. The molecule has 3 heterocycles. The Hall–Kier alpha value is -1.58. The Kier molecular flexibility index (Phi) is 5.19. The number of rotatable bonds is 5. The summed E-state index contributed by atoms with van der Waals surface area (Å²) in [5.74, 6) is 0.505. The first kappa shape index (κ1) is 16.3. The van der Waals surface area contributed by atoms with E-state index in [1.54, 1.807) is 0 Å². The molecular weight excluding hydrogens is 298 g/mol. The van der Waals surface area contributed by atoms with Gasteiger partial charge in [0, 0.05) is 58.3 Å². The predicted octanol–water partition coefficient (Wildman–Crippen LogP) is -2.01. The lowest BCUT2D eigenvalue weighted by Gasteiger charge is -2.34. The largest absolute Gasteiger partial charge is 0.396 e. The Labute approximate surface area is 135 Å². The summed E-state index contributed by atoms with van der Waals surface area (Å²) in [6, 6.07) is 0. The van der Waals surface area contributed by atoms with Crippen molar-refractivity contribution >= 4 is 5.91 Å². The number of nitrogens with zero attached hydrogens (tertiary/aromatic N) is 7. The maximum atomic E-state index is 12.4. The van der Waals surface area contributed by atoms with Gasteiger partial charge >= 0.3 is 0 Å². The Bertz CT molecular complexity index is 501. The number of carbonyl (C=O) groups is 1. The smallest absolute Gasteiger partial charge is 0.244 e. The quantitative estimate of drug-likeness (QED) is 0.669. The number of likely N-dealkylation sites (N-methyl/N-ethyl adjacent to an activating group) is 1. The van der Waals surface area contributed by atoms with E-state index < -0.39 is 0 Å². The molecule has 2 aliphatic heterocycles. The van der Waals surface area contributed by atoms with Crippen LogP contribution in [0.4, 0.5) is 0 Å². The number of tetrazole rings is 1. The number of aromatic nitrogens is 4. The zero-order valence-electron chi connectivity index (χ0n) is 13.6. The zero-order valence-corrected chi connectivity index (χ0v) is 13.6. The molecule has 2 atom stereocenters. The van der Waals surface area contributed by atoms with E-state index in [1.165, 1.54) is 11.0 Å². The highest BCUT2D eigenvalue weighted by atomic mass is 16.3. The lowest BCUT2D eigenvalue weighted by molar-refractivity contribution is -0.131. The van der Waals surface area contributed by atoms with Crippen molar-refractivity contribution < 1.29 is 9.90 Å². The van der Waals surface area contributed by atoms with Gasteiger partial charge in [0.05, 0.1) is 0 Å². The number of piperazine rings is 1. The summed E-state index contributed by atoms with van der Waals surface area (Å²) < 4.78 is 1.43. The number of aliphatic hydroxyl groups excluding tert-OH is 1. The summed E-state index contributed by atoms with van der Waals surface area (Å²) in [4.78, 5) is 19.0. The summed E-state index contributed by atoms with van der Waals surface area (Å²) in [6.07, 6.45) is 1.44. The van der Waals surface area contributed by atoms with Gasteiger partial charge in [-0.1, -0.05) is 0 Å². The summed E-state index contributed by atoms with van der Waals surface area (Å²) in [6.45, 7) is 6.85. The molecule has 0 bridgehead atoms. The van der Waals surface area contributed by atoms with Gasteiger partial charge in [-0.3, -0.25) is 4.79 Å². The van der Waals surface area contributed by atoms with E-state index in [1.807, 2.05) is 4.90 Å². The van der Waals surface area contributed by atoms with E-state index in [4.69, 9.17) is 0 Å². The second-order valence-electron chi connectivity index (χ2n) is 6.61. The van der Waals surface area contributed by atoms with Gasteiger partial charge in [0.25, 0.3) is 0 Å². The molecule has 0 saturated carbocycles. The van der Waals surface area contributed by atoms with Crippen LogP contribution in [0, 0.1) is 11.8 Å². The third kappa shape index (κ3) is 4.04. The van der Waals surface area contributed by atoms with Crippen LogP contribution in [0.3, 0.4) is 0 Å². The minimum atomic E-state index is 0.0108. The van der Waals surface area contributed by atoms with Gasteiger partial charge in [0.15, 0.2) is 0 Å². The molecule has 2 fully saturated rings. The Balaban J connectivity index is 1.53. The molecule has 9 heteroatoms. The standard InChI is InChI=1S/C14H25N7O2/c1-18-2-4-19(5-3-18)6-12-7-20(8-13(12)10-22)14(23)9-21-11-15-16-17-21/h11-13,22H,2-10H2,1H3/t12-,13-/m1/s1. The fraction of sp³-hybridized carbons (Fsp3) is 0.857. The van der Waals surface area contributed by atoms with Crippen molar-refractivity contribution in [2.75, 3.05) is 59.5 Å². The average Bonchev–Trinajstić information content (AvgIpc) is 3.19. The number of likely N-dealkylation sites (tertiary alicyclic amines) is 1. The van der Waals surface area contributed by atoms with Crippen molar-refractivity contribution in [2.24, 2.45) is 11.8 Å². The second kappa shape index (κ2) is 7.33. The molecule has 3 rings (SSSR count). The molecule has 0 aromatic carbocycles. The molecule has 0 aliphatic carbocycles. The Morgan fingerprint density at radius 3 is 2.61 bits per heavy atom. The summed E-state index contributed by atoms with van der Waals surface area (Å²) >= 11 is 0. The van der Waals surface area contributed by atoms with Crippen LogP contribution < -0.4 is 0 Å². The number of hydrogen-bond acceptors (Lipinski definition) is 7. The number of amides is 1. The maximum absolute atomic E-state index is 12.4. The van der Waals surface area contributed by atoms with E-state index >= 15 is 0 Å². The van der Waals surface area contributed by atoms with Gasteiger partial charge < -0.3 is 19.8 Å². The first-order valence-corrected chi connectivity index (χ1v) is 8.16. The van der Waals surface area contributed by atoms with Crippen LogP contribution in [0.15, 0.2) is 6.33 Å². The Morgan fingerprint density at radius 1 is 1.22 bits per heavy atom. The van der Waals surface area contributed by atoms with Crippen LogP contribution in [0.2, 0.25) is 0 Å². The van der Waals surface area contributed by atoms with E-state index in [2.05, 4.69) is 32.4 Å². The molecule has 2 saturated heterocycles. The summed E-state index contributed by atoms with van der Waals surface area (Å²) in [7, 11) is 2.14. The van der Waals surface area contributed by atoms with Crippen LogP contribution in [-0.2, 0) is 11.3 Å². The third-order valence-corrected chi connectivity index (χ3v) is 4.94. The van der Waals surface area contributed by atoms with E-state index in [9.17, 15) is 9.90 Å². The fourth-order valence-electron chi connectivity index (χ4n) is 3.41. The van der Waals surface area contributed by atoms with Crippen molar-refractivity contribution in [1.29, 1.82) is 0 Å². The number of hydrogen-bond donors (Lipinski definition) is 1. The Morgan fingerprint density at radius 2 is 1.96 bits per heavy atom. The molecule has 0 spiro atoms. The molecule has 0 radical (unpaired) electrons. The summed E-state index contributed by atoms with van der Waals surface area (Å²) in [5, 5.41) is 20.5. The fourth-order valence-corrected chi connectivity index (χ4v) is 3.41. The highest BCUT2D eigenvalue weighted by Crippen LogP contribution is 2.24. The molecule has 9 nitrogen and oxygen atoms in total. The predicted molar refractivity (Wildman–Crippen MR) is 82.4 cm³/mol. The van der Waals surface area contributed by atoms with Crippen LogP contribution >= 0.6 is 0 Å². The van der Waals surface area contributed by atoms with E-state index in [-0.39, 0.29) is 25.0 Å². The SMILES string of the molecule is CN1CCN(C[C@@H]2CN(C(=O)Cn3cnnn3)C[C@@H]2CO)CC1. The van der Waals surface area contributed by atoms with Crippen molar-refractivity contribution in [2.45, 2.75) is 6.54 Å². The minimum Gasteiger partial charge on any atom is -0.396 e. The van der Waals surface area contributed by atoms with Gasteiger partial charge in [-0.2, -0.15) is 0 Å². The van der Waals surface area contributed by atoms with Gasteiger partial charge in [-0.15, -0.1) is 5.10 Å². The van der Waals surface area contributed by atoms with Crippen LogP contribution in [0.25, 0.3) is 0 Å². The lowest BCUT2D eigenvalue weighted by Crippen LogP contribution is -2.47. The molecule has 0 unspecified atom stereocenters. The molecule has 1 aromatic rings. The molecule has 23 heavy (non-hydrogen) atoms. The maximum Gasteiger partial charge on any atom is 0.244 e. The van der Waals surface area contributed by atoms with E-state index in [0.717, 1.165) is 32.7 Å². The van der Waals surface area contributed by atoms with Crippen LogP contribution in [-0.4, -0.2) is 105 Å². The van der Waals surface area contributed by atoms with Crippen molar-refractivity contribution in [1.82, 2.24) is 34.9 Å². The van der Waals surface area contributed by atoms with Gasteiger partial charge in [-0.25, -0.2) is 4.68 Å². The number of aliphatic hydroxyl groups is 1. The van der Waals surface area contributed by atoms with Gasteiger partial charge in [0.1, 0.15) is 12.9 Å². The number of carbonyl (C=O) groups excluding carboxylic acids is 1. The van der Waals surface area contributed by atoms with Crippen molar-refractivity contribution in [3.8, 4) is 0 Å². The topological polar surface area (TPSA) is 90.6 Å². The minimum absolute atomic E-state index is 0.0108. The van der Waals surface area contributed by atoms with Crippen molar-refractivity contribution in [3.63, 3.8) is 0 Å². The van der Waals surface area contributed by atoms with Crippen molar-refractivity contribution in [3.05, 3.63) is 6.33 Å².